The summed E-state index contributed by atoms with van der Waals surface area (Å²) in [7, 11) is 0. The Morgan fingerprint density at radius 1 is 1.50 bits per heavy atom. The van der Waals surface area contributed by atoms with E-state index < -0.39 is 0 Å². The lowest BCUT2D eigenvalue weighted by Crippen LogP contribution is -2.20. The fourth-order valence-corrected chi connectivity index (χ4v) is 2.51. The number of nitrogens with two attached hydrogens (primary N) is 1. The molecule has 0 heterocycles. The normalized spacial score (nSPS) is 22.1. The molecular formula is C12H16ClN. The van der Waals surface area contributed by atoms with Gasteiger partial charge in [-0.25, -0.2) is 0 Å². The zero-order valence-electron chi connectivity index (χ0n) is 8.46. The summed E-state index contributed by atoms with van der Waals surface area (Å²) in [6.07, 6.45) is 2.25. The summed E-state index contributed by atoms with van der Waals surface area (Å²) in [6.45, 7) is 3.00. The molecule has 76 valence electrons. The molecule has 0 aromatic heterocycles. The van der Waals surface area contributed by atoms with Crippen LogP contribution in [0.15, 0.2) is 18.2 Å². The minimum absolute atomic E-state index is 0.596. The topological polar surface area (TPSA) is 26.0 Å². The van der Waals surface area contributed by atoms with Crippen molar-refractivity contribution in [3.8, 4) is 0 Å². The van der Waals surface area contributed by atoms with Gasteiger partial charge in [0.1, 0.15) is 0 Å². The molecule has 1 aromatic rings. The quantitative estimate of drug-likeness (QED) is 0.797. The van der Waals surface area contributed by atoms with Crippen molar-refractivity contribution in [2.24, 2.45) is 17.6 Å². The van der Waals surface area contributed by atoms with Crippen LogP contribution in [0.25, 0.3) is 0 Å². The van der Waals surface area contributed by atoms with E-state index in [9.17, 15) is 0 Å². The van der Waals surface area contributed by atoms with E-state index in [0.29, 0.717) is 11.8 Å². The van der Waals surface area contributed by atoms with Crippen molar-refractivity contribution < 1.29 is 0 Å². The lowest BCUT2D eigenvalue weighted by Gasteiger charge is -2.15. The second-order valence-electron chi connectivity index (χ2n) is 4.26. The molecular weight excluding hydrogens is 194 g/mol. The van der Waals surface area contributed by atoms with Crippen LogP contribution in [-0.4, -0.2) is 6.54 Å². The molecule has 1 aliphatic carbocycles. The van der Waals surface area contributed by atoms with Gasteiger partial charge in [0.2, 0.25) is 0 Å². The minimum Gasteiger partial charge on any atom is -0.330 e. The first-order valence-electron chi connectivity index (χ1n) is 5.18. The molecule has 0 spiro atoms. The predicted molar refractivity (Wildman–Crippen MR) is 60.6 cm³/mol. The van der Waals surface area contributed by atoms with Gasteiger partial charge in [0.05, 0.1) is 0 Å². The molecule has 0 radical (unpaired) electrons. The number of fused-ring (bicyclic) bond motifs is 1. The van der Waals surface area contributed by atoms with Crippen LogP contribution >= 0.6 is 11.6 Å². The molecule has 2 N–H and O–H groups in total. The van der Waals surface area contributed by atoms with Gasteiger partial charge in [-0.3, -0.25) is 0 Å². The average Bonchev–Trinajstić information content (AvgIpc) is 2.62. The summed E-state index contributed by atoms with van der Waals surface area (Å²) < 4.78 is 0. The molecule has 0 saturated heterocycles. The molecule has 2 atom stereocenters. The van der Waals surface area contributed by atoms with Crippen molar-refractivity contribution in [2.45, 2.75) is 19.8 Å². The lowest BCUT2D eigenvalue weighted by atomic mass is 9.91. The fourth-order valence-electron chi connectivity index (χ4n) is 2.23. The smallest absolute Gasteiger partial charge is 0.0440 e. The van der Waals surface area contributed by atoms with Gasteiger partial charge in [0, 0.05) is 5.02 Å². The van der Waals surface area contributed by atoms with E-state index in [4.69, 9.17) is 17.3 Å². The van der Waals surface area contributed by atoms with Gasteiger partial charge in [0.25, 0.3) is 0 Å². The zero-order chi connectivity index (χ0) is 10.1. The van der Waals surface area contributed by atoms with Crippen LogP contribution in [0, 0.1) is 11.8 Å². The molecule has 1 aliphatic rings. The second-order valence-corrected chi connectivity index (χ2v) is 4.67. The van der Waals surface area contributed by atoms with E-state index in [-0.39, 0.29) is 0 Å². The Hall–Kier alpha value is -0.530. The van der Waals surface area contributed by atoms with Crippen LogP contribution in [-0.2, 0) is 12.8 Å². The fraction of sp³-hybridized carbons (Fsp3) is 0.500. The predicted octanol–water partition coefficient (Wildman–Crippen LogP) is 2.65. The van der Waals surface area contributed by atoms with Crippen LogP contribution in [0.3, 0.4) is 0 Å². The number of hydrogen-bond donors (Lipinski definition) is 1. The first kappa shape index (κ1) is 10.0. The number of benzene rings is 1. The minimum atomic E-state index is 0.596. The lowest BCUT2D eigenvalue weighted by molar-refractivity contribution is 0.382. The van der Waals surface area contributed by atoms with Crippen molar-refractivity contribution in [1.82, 2.24) is 0 Å². The maximum absolute atomic E-state index is 6.15. The monoisotopic (exact) mass is 209 g/mol. The third-order valence-electron chi connectivity index (χ3n) is 3.34. The summed E-state index contributed by atoms with van der Waals surface area (Å²) >= 11 is 6.15. The van der Waals surface area contributed by atoms with Crippen molar-refractivity contribution in [3.63, 3.8) is 0 Å². The molecule has 0 amide bonds. The average molecular weight is 210 g/mol. The van der Waals surface area contributed by atoms with Crippen molar-refractivity contribution in [1.29, 1.82) is 0 Å². The standard InChI is InChI=1S/C12H16ClN/c1-8(7-14)10-5-9-3-2-4-12(13)11(9)6-10/h2-4,8,10H,5-7,14H2,1H3. The molecule has 2 rings (SSSR count). The van der Waals surface area contributed by atoms with E-state index in [1.54, 1.807) is 0 Å². The maximum atomic E-state index is 6.15. The third-order valence-corrected chi connectivity index (χ3v) is 3.69. The second kappa shape index (κ2) is 3.92. The summed E-state index contributed by atoms with van der Waals surface area (Å²) in [5, 5.41) is 0.925. The Morgan fingerprint density at radius 2 is 2.29 bits per heavy atom. The van der Waals surface area contributed by atoms with Crippen molar-refractivity contribution in [3.05, 3.63) is 34.3 Å². The molecule has 0 bridgehead atoms. The molecule has 0 aliphatic heterocycles. The highest BCUT2D eigenvalue weighted by molar-refractivity contribution is 6.31. The van der Waals surface area contributed by atoms with E-state index >= 15 is 0 Å². The van der Waals surface area contributed by atoms with E-state index in [1.165, 1.54) is 11.1 Å². The number of hydrogen-bond acceptors (Lipinski definition) is 1. The van der Waals surface area contributed by atoms with Gasteiger partial charge < -0.3 is 5.73 Å². The third kappa shape index (κ3) is 1.67. The van der Waals surface area contributed by atoms with E-state index in [0.717, 1.165) is 24.4 Å². The molecule has 0 fully saturated rings. The summed E-state index contributed by atoms with van der Waals surface area (Å²) in [6, 6.07) is 6.21. The Labute approximate surface area is 90.3 Å². The van der Waals surface area contributed by atoms with Gasteiger partial charge in [-0.05, 0) is 48.4 Å². The Balaban J connectivity index is 2.22. The van der Waals surface area contributed by atoms with Crippen molar-refractivity contribution >= 4 is 11.6 Å². The molecule has 14 heavy (non-hydrogen) atoms. The highest BCUT2D eigenvalue weighted by atomic mass is 35.5. The first-order chi connectivity index (χ1) is 6.72. The van der Waals surface area contributed by atoms with Crippen LogP contribution < -0.4 is 5.73 Å². The van der Waals surface area contributed by atoms with Gasteiger partial charge in [0.15, 0.2) is 0 Å². The highest BCUT2D eigenvalue weighted by Gasteiger charge is 2.26. The molecule has 1 nitrogen and oxygen atoms in total. The zero-order valence-corrected chi connectivity index (χ0v) is 9.22. The Bertz CT molecular complexity index is 335. The van der Waals surface area contributed by atoms with Crippen LogP contribution in [0.5, 0.6) is 0 Å². The van der Waals surface area contributed by atoms with Gasteiger partial charge in [-0.2, -0.15) is 0 Å². The molecule has 0 saturated carbocycles. The summed E-state index contributed by atoms with van der Waals surface area (Å²) in [5.74, 6) is 1.29. The van der Waals surface area contributed by atoms with Gasteiger partial charge >= 0.3 is 0 Å². The van der Waals surface area contributed by atoms with Crippen LogP contribution in [0.2, 0.25) is 5.02 Å². The van der Waals surface area contributed by atoms with Gasteiger partial charge in [-0.15, -0.1) is 0 Å². The SMILES string of the molecule is CC(CN)C1Cc2cccc(Cl)c2C1. The molecule has 2 unspecified atom stereocenters. The maximum Gasteiger partial charge on any atom is 0.0440 e. The first-order valence-corrected chi connectivity index (χ1v) is 5.56. The Kier molecular flexibility index (Phi) is 2.80. The van der Waals surface area contributed by atoms with E-state index in [1.807, 2.05) is 12.1 Å². The molecule has 2 heteroatoms. The highest BCUT2D eigenvalue weighted by Crippen LogP contribution is 2.35. The van der Waals surface area contributed by atoms with E-state index in [2.05, 4.69) is 13.0 Å². The van der Waals surface area contributed by atoms with Gasteiger partial charge in [-0.1, -0.05) is 30.7 Å². The molecule has 1 aromatic carbocycles. The van der Waals surface area contributed by atoms with Crippen LogP contribution in [0.4, 0.5) is 0 Å². The number of halogens is 1. The summed E-state index contributed by atoms with van der Waals surface area (Å²) in [4.78, 5) is 0. The largest absolute Gasteiger partial charge is 0.330 e. The number of rotatable bonds is 2. The van der Waals surface area contributed by atoms with Crippen LogP contribution in [0.1, 0.15) is 18.1 Å². The Morgan fingerprint density at radius 3 is 2.93 bits per heavy atom. The van der Waals surface area contributed by atoms with Crippen molar-refractivity contribution in [2.75, 3.05) is 6.54 Å². The summed E-state index contributed by atoms with van der Waals surface area (Å²) in [5.41, 5.74) is 8.46.